The molecule has 0 aliphatic heterocycles. The predicted molar refractivity (Wildman–Crippen MR) is 103 cm³/mol. The highest BCUT2D eigenvalue weighted by Gasteiger charge is 2.24. The molecule has 1 aliphatic carbocycles. The summed E-state index contributed by atoms with van der Waals surface area (Å²) in [5, 5.41) is 6.62. The molecule has 1 aliphatic rings. The lowest BCUT2D eigenvalue weighted by Gasteiger charge is -2.20. The Kier molecular flexibility index (Phi) is 6.41. The third kappa shape index (κ3) is 4.88. The third-order valence-corrected chi connectivity index (χ3v) is 5.14. The molecule has 1 aromatic heterocycles. The van der Waals surface area contributed by atoms with Crippen molar-refractivity contribution >= 4 is 17.8 Å². The molecule has 1 heterocycles. The lowest BCUT2D eigenvalue weighted by Crippen LogP contribution is -2.38. The number of hydrogen-bond acceptors (Lipinski definition) is 5. The number of aromatic nitrogens is 2. The highest BCUT2D eigenvalue weighted by molar-refractivity contribution is 5.98. The summed E-state index contributed by atoms with van der Waals surface area (Å²) in [6.07, 6.45) is 4.63. The standard InChI is InChI=1S/C21H24FN3O4/c1-13-19(14(2)25(24-13)17-10-8-16(22)9-11-17)21(28)29-12-18(26)23-20(27)15-6-4-3-5-7-15/h8-11,15H,3-7,12H2,1-2H3,(H,23,26,27). The number of esters is 1. The first-order valence-electron chi connectivity index (χ1n) is 9.70. The van der Waals surface area contributed by atoms with Crippen LogP contribution >= 0.6 is 0 Å². The Bertz CT molecular complexity index is 915. The average Bonchev–Trinajstić information content (AvgIpc) is 3.01. The van der Waals surface area contributed by atoms with Crippen LogP contribution in [0.1, 0.15) is 53.8 Å². The lowest BCUT2D eigenvalue weighted by atomic mass is 9.89. The fraction of sp³-hybridized carbons (Fsp3) is 0.429. The molecule has 0 bridgehead atoms. The number of benzene rings is 1. The Balaban J connectivity index is 1.61. The van der Waals surface area contributed by atoms with Gasteiger partial charge < -0.3 is 4.74 Å². The van der Waals surface area contributed by atoms with E-state index in [0.717, 1.165) is 32.1 Å². The highest BCUT2D eigenvalue weighted by atomic mass is 19.1. The summed E-state index contributed by atoms with van der Waals surface area (Å²) in [5.74, 6) is -2.17. The van der Waals surface area contributed by atoms with Gasteiger partial charge in [-0.1, -0.05) is 19.3 Å². The van der Waals surface area contributed by atoms with Crippen LogP contribution in [0, 0.1) is 25.6 Å². The third-order valence-electron chi connectivity index (χ3n) is 5.14. The van der Waals surface area contributed by atoms with Gasteiger partial charge in [0.05, 0.1) is 17.1 Å². The van der Waals surface area contributed by atoms with Gasteiger partial charge in [-0.05, 0) is 51.0 Å². The van der Waals surface area contributed by atoms with E-state index < -0.39 is 18.5 Å². The van der Waals surface area contributed by atoms with Crippen molar-refractivity contribution in [2.45, 2.75) is 46.0 Å². The van der Waals surface area contributed by atoms with Crippen molar-refractivity contribution in [1.29, 1.82) is 0 Å². The minimum Gasteiger partial charge on any atom is -0.452 e. The molecule has 3 rings (SSSR count). The smallest absolute Gasteiger partial charge is 0.342 e. The van der Waals surface area contributed by atoms with Crippen molar-refractivity contribution in [2.75, 3.05) is 6.61 Å². The summed E-state index contributed by atoms with van der Waals surface area (Å²) in [7, 11) is 0. The van der Waals surface area contributed by atoms with E-state index in [-0.39, 0.29) is 23.2 Å². The van der Waals surface area contributed by atoms with E-state index in [4.69, 9.17) is 4.74 Å². The molecule has 29 heavy (non-hydrogen) atoms. The number of nitrogens with one attached hydrogen (secondary N) is 1. The van der Waals surface area contributed by atoms with E-state index in [2.05, 4.69) is 10.4 Å². The minimum absolute atomic E-state index is 0.151. The van der Waals surface area contributed by atoms with Crippen LogP contribution in [0.25, 0.3) is 5.69 Å². The van der Waals surface area contributed by atoms with Crippen LogP contribution in [0.2, 0.25) is 0 Å². The van der Waals surface area contributed by atoms with Gasteiger partial charge in [0.1, 0.15) is 11.4 Å². The summed E-state index contributed by atoms with van der Waals surface area (Å²) in [6, 6.07) is 5.71. The van der Waals surface area contributed by atoms with Crippen LogP contribution in [0.3, 0.4) is 0 Å². The van der Waals surface area contributed by atoms with Crippen molar-refractivity contribution in [3.8, 4) is 5.69 Å². The quantitative estimate of drug-likeness (QED) is 0.778. The van der Waals surface area contributed by atoms with E-state index in [1.807, 2.05) is 0 Å². The van der Waals surface area contributed by atoms with Gasteiger partial charge in [-0.3, -0.25) is 14.9 Å². The number of hydrogen-bond donors (Lipinski definition) is 1. The summed E-state index contributed by atoms with van der Waals surface area (Å²) in [4.78, 5) is 36.6. The second kappa shape index (κ2) is 8.98. The summed E-state index contributed by atoms with van der Waals surface area (Å²) < 4.78 is 19.7. The van der Waals surface area contributed by atoms with Crippen molar-refractivity contribution in [3.63, 3.8) is 0 Å². The van der Waals surface area contributed by atoms with Crippen LogP contribution in [0.15, 0.2) is 24.3 Å². The van der Waals surface area contributed by atoms with Crippen LogP contribution in [-0.4, -0.2) is 34.2 Å². The van der Waals surface area contributed by atoms with Crippen LogP contribution in [0.5, 0.6) is 0 Å². The maximum absolute atomic E-state index is 13.1. The van der Waals surface area contributed by atoms with E-state index in [1.54, 1.807) is 26.0 Å². The number of carbonyl (C=O) groups is 3. The Hall–Kier alpha value is -3.03. The lowest BCUT2D eigenvalue weighted by molar-refractivity contribution is -0.135. The number of imide groups is 1. The number of aryl methyl sites for hydroxylation is 1. The molecule has 1 saturated carbocycles. The molecule has 0 radical (unpaired) electrons. The van der Waals surface area contributed by atoms with Crippen LogP contribution < -0.4 is 5.32 Å². The highest BCUT2D eigenvalue weighted by Crippen LogP contribution is 2.23. The maximum Gasteiger partial charge on any atom is 0.342 e. The largest absolute Gasteiger partial charge is 0.452 e. The van der Waals surface area contributed by atoms with Crippen molar-refractivity contribution in [2.24, 2.45) is 5.92 Å². The van der Waals surface area contributed by atoms with Gasteiger partial charge in [-0.2, -0.15) is 5.10 Å². The first-order valence-corrected chi connectivity index (χ1v) is 9.70. The Morgan fingerprint density at radius 1 is 1.14 bits per heavy atom. The van der Waals surface area contributed by atoms with E-state index in [9.17, 15) is 18.8 Å². The van der Waals surface area contributed by atoms with E-state index >= 15 is 0 Å². The van der Waals surface area contributed by atoms with Gasteiger partial charge in [-0.15, -0.1) is 0 Å². The Labute approximate surface area is 168 Å². The van der Waals surface area contributed by atoms with Gasteiger partial charge in [0.15, 0.2) is 6.61 Å². The summed E-state index contributed by atoms with van der Waals surface area (Å²) in [6.45, 7) is 2.79. The molecule has 7 nitrogen and oxygen atoms in total. The average molecular weight is 401 g/mol. The molecule has 0 atom stereocenters. The zero-order chi connectivity index (χ0) is 21.0. The van der Waals surface area contributed by atoms with Gasteiger partial charge >= 0.3 is 5.97 Å². The molecule has 2 amide bonds. The van der Waals surface area contributed by atoms with Crippen LogP contribution in [-0.2, 0) is 14.3 Å². The van der Waals surface area contributed by atoms with Crippen molar-refractivity contribution in [1.82, 2.24) is 15.1 Å². The van der Waals surface area contributed by atoms with Gasteiger partial charge in [0.2, 0.25) is 5.91 Å². The molecule has 1 aromatic carbocycles. The van der Waals surface area contributed by atoms with Gasteiger partial charge in [0.25, 0.3) is 5.91 Å². The molecule has 1 N–H and O–H groups in total. The molecule has 8 heteroatoms. The molecule has 2 aromatic rings. The van der Waals surface area contributed by atoms with Gasteiger partial charge in [-0.25, -0.2) is 13.9 Å². The second-order valence-electron chi connectivity index (χ2n) is 7.26. The monoisotopic (exact) mass is 401 g/mol. The summed E-state index contributed by atoms with van der Waals surface area (Å²) in [5.41, 5.74) is 1.77. The second-order valence-corrected chi connectivity index (χ2v) is 7.26. The number of amides is 2. The zero-order valence-corrected chi connectivity index (χ0v) is 16.5. The topological polar surface area (TPSA) is 90.3 Å². The van der Waals surface area contributed by atoms with E-state index in [0.29, 0.717) is 17.1 Å². The fourth-order valence-electron chi connectivity index (χ4n) is 3.62. The van der Waals surface area contributed by atoms with Crippen molar-refractivity contribution in [3.05, 3.63) is 47.0 Å². The summed E-state index contributed by atoms with van der Waals surface area (Å²) >= 11 is 0. The van der Waals surface area contributed by atoms with Crippen molar-refractivity contribution < 1.29 is 23.5 Å². The predicted octanol–water partition coefficient (Wildman–Crippen LogP) is 3.01. The molecule has 0 saturated heterocycles. The fourth-order valence-corrected chi connectivity index (χ4v) is 3.62. The molecule has 1 fully saturated rings. The number of carbonyl (C=O) groups excluding carboxylic acids is 3. The SMILES string of the molecule is Cc1nn(-c2ccc(F)cc2)c(C)c1C(=O)OCC(=O)NC(=O)C1CCCCC1. The number of ether oxygens (including phenoxy) is 1. The van der Waals surface area contributed by atoms with E-state index in [1.165, 1.54) is 16.8 Å². The number of halogens is 1. The Morgan fingerprint density at radius 3 is 2.45 bits per heavy atom. The van der Waals surface area contributed by atoms with Crippen LogP contribution in [0.4, 0.5) is 4.39 Å². The first-order chi connectivity index (χ1) is 13.9. The maximum atomic E-state index is 13.1. The first kappa shape index (κ1) is 20.7. The molecular formula is C21H24FN3O4. The number of nitrogens with zero attached hydrogens (tertiary/aromatic N) is 2. The molecule has 0 unspecified atom stereocenters. The zero-order valence-electron chi connectivity index (χ0n) is 16.5. The minimum atomic E-state index is -0.700. The Morgan fingerprint density at radius 2 is 1.79 bits per heavy atom. The normalized spacial score (nSPS) is 14.4. The van der Waals surface area contributed by atoms with Gasteiger partial charge in [0, 0.05) is 5.92 Å². The molecule has 0 spiro atoms. The molecule has 154 valence electrons. The molecular weight excluding hydrogens is 377 g/mol. The number of rotatable bonds is 5.